The molecule has 6 nitrogen and oxygen atoms in total. The van der Waals surface area contributed by atoms with Crippen molar-refractivity contribution in [1.29, 1.82) is 0 Å². The van der Waals surface area contributed by atoms with E-state index in [4.69, 9.17) is 9.05 Å². The predicted octanol–water partition coefficient (Wildman–Crippen LogP) is 3.17. The fourth-order valence-corrected chi connectivity index (χ4v) is 4.12. The number of halogens is 1. The van der Waals surface area contributed by atoms with E-state index >= 15 is 4.39 Å². The number of alkyl halides is 1. The van der Waals surface area contributed by atoms with Crippen LogP contribution in [-0.2, 0) is 34.9 Å². The van der Waals surface area contributed by atoms with E-state index in [-0.39, 0.29) is 11.7 Å². The average Bonchev–Trinajstić information content (AvgIpc) is 3.45. The van der Waals surface area contributed by atoms with Gasteiger partial charge in [-0.15, -0.1) is 0 Å². The maximum Gasteiger partial charge on any atom is 0.346 e. The third-order valence-corrected chi connectivity index (χ3v) is 6.62. The zero-order valence-electron chi connectivity index (χ0n) is 14.8. The number of carbonyl (C=O) groups excluding carboxylic acids is 1. The fourth-order valence-electron chi connectivity index (χ4n) is 3.07. The maximum absolute atomic E-state index is 15.3. The van der Waals surface area contributed by atoms with Gasteiger partial charge in [-0.05, 0) is 36.8 Å². The van der Waals surface area contributed by atoms with Gasteiger partial charge >= 0.3 is 13.6 Å². The summed E-state index contributed by atoms with van der Waals surface area (Å²) in [6, 6.07) is 6.37. The summed E-state index contributed by atoms with van der Waals surface area (Å²) in [4.78, 5) is 12.0. The van der Waals surface area contributed by atoms with Gasteiger partial charge in [0.1, 0.15) is 5.60 Å². The van der Waals surface area contributed by atoms with Gasteiger partial charge in [-0.25, -0.2) is 9.18 Å². The van der Waals surface area contributed by atoms with Crippen LogP contribution in [0.5, 0.6) is 0 Å². The SMILES string of the molecule is COC(=O)C(C)(F)C(O)(c1cccc(CP(=O)(OC)OC)c1)C1CC1. The monoisotopic (exact) mass is 374 g/mol. The molecular formula is C17H24FO6P. The summed E-state index contributed by atoms with van der Waals surface area (Å²) in [7, 11) is 0.329. The van der Waals surface area contributed by atoms with Crippen LogP contribution < -0.4 is 0 Å². The summed E-state index contributed by atoms with van der Waals surface area (Å²) in [5, 5.41) is 11.2. The summed E-state index contributed by atoms with van der Waals surface area (Å²) in [5.74, 6) is -1.53. The van der Waals surface area contributed by atoms with Crippen molar-refractivity contribution >= 4 is 13.6 Å². The van der Waals surface area contributed by atoms with E-state index in [0.717, 1.165) is 14.0 Å². The molecule has 8 heteroatoms. The lowest BCUT2D eigenvalue weighted by Gasteiger charge is -2.38. The lowest BCUT2D eigenvalue weighted by Crippen LogP contribution is -2.54. The molecule has 2 atom stereocenters. The molecule has 0 amide bonds. The zero-order chi connectivity index (χ0) is 18.9. The summed E-state index contributed by atoms with van der Waals surface area (Å²) in [6.07, 6.45) is 1.17. The minimum Gasteiger partial charge on any atom is -0.467 e. The molecule has 0 aromatic heterocycles. The molecule has 1 aliphatic carbocycles. The van der Waals surface area contributed by atoms with Crippen molar-refractivity contribution in [3.05, 3.63) is 35.4 Å². The van der Waals surface area contributed by atoms with Crippen LogP contribution in [-0.4, -0.2) is 38.1 Å². The molecule has 1 aromatic rings. The third kappa shape index (κ3) is 3.65. The molecule has 140 valence electrons. The first kappa shape index (κ1) is 20.0. The first-order chi connectivity index (χ1) is 11.6. The Morgan fingerprint density at radius 1 is 1.32 bits per heavy atom. The van der Waals surface area contributed by atoms with Crippen molar-refractivity contribution in [2.24, 2.45) is 5.92 Å². The van der Waals surface area contributed by atoms with Gasteiger partial charge in [0, 0.05) is 14.2 Å². The summed E-state index contributed by atoms with van der Waals surface area (Å²) >= 11 is 0. The van der Waals surface area contributed by atoms with Crippen molar-refractivity contribution in [2.75, 3.05) is 21.3 Å². The minimum atomic E-state index is -3.32. The lowest BCUT2D eigenvalue weighted by atomic mass is 9.75. The highest BCUT2D eigenvalue weighted by Gasteiger charge is 2.62. The van der Waals surface area contributed by atoms with Gasteiger partial charge in [0.05, 0.1) is 13.3 Å². The van der Waals surface area contributed by atoms with Crippen LogP contribution >= 0.6 is 7.60 Å². The molecule has 1 fully saturated rings. The Balaban J connectivity index is 2.45. The van der Waals surface area contributed by atoms with E-state index in [2.05, 4.69) is 4.74 Å². The van der Waals surface area contributed by atoms with Gasteiger partial charge in [0.2, 0.25) is 5.67 Å². The number of aliphatic hydroxyl groups is 1. The molecule has 2 rings (SSSR count). The van der Waals surface area contributed by atoms with Crippen molar-refractivity contribution in [2.45, 2.75) is 37.2 Å². The summed E-state index contributed by atoms with van der Waals surface area (Å²) in [5.41, 5.74) is -3.86. The molecular weight excluding hydrogens is 350 g/mol. The second-order valence-corrected chi connectivity index (χ2v) is 8.64. The maximum atomic E-state index is 15.3. The molecule has 0 spiro atoms. The van der Waals surface area contributed by atoms with Crippen molar-refractivity contribution in [3.8, 4) is 0 Å². The van der Waals surface area contributed by atoms with Gasteiger partial charge in [-0.2, -0.15) is 0 Å². The van der Waals surface area contributed by atoms with Gasteiger partial charge in [-0.1, -0.05) is 24.3 Å². The Morgan fingerprint density at radius 2 is 1.92 bits per heavy atom. The highest BCUT2D eigenvalue weighted by Crippen LogP contribution is 2.54. The number of hydrogen-bond acceptors (Lipinski definition) is 6. The van der Waals surface area contributed by atoms with Crippen molar-refractivity contribution < 1.29 is 32.6 Å². The Labute approximate surface area is 146 Å². The van der Waals surface area contributed by atoms with Crippen LogP contribution in [0.3, 0.4) is 0 Å². The minimum absolute atomic E-state index is 0.0319. The number of benzene rings is 1. The molecule has 0 saturated heterocycles. The Kier molecular flexibility index (Phi) is 5.74. The molecule has 1 aromatic carbocycles. The summed E-state index contributed by atoms with van der Waals surface area (Å²) < 4.78 is 42.0. The number of carbonyl (C=O) groups is 1. The van der Waals surface area contributed by atoms with Gasteiger partial charge < -0.3 is 18.9 Å². The van der Waals surface area contributed by atoms with E-state index < -0.39 is 30.8 Å². The highest BCUT2D eigenvalue weighted by molar-refractivity contribution is 7.52. The van der Waals surface area contributed by atoms with E-state index in [1.54, 1.807) is 18.2 Å². The smallest absolute Gasteiger partial charge is 0.346 e. The molecule has 1 N–H and O–H groups in total. The Bertz CT molecular complexity index is 679. The molecule has 0 heterocycles. The highest BCUT2D eigenvalue weighted by atomic mass is 31.2. The van der Waals surface area contributed by atoms with Crippen molar-refractivity contribution in [1.82, 2.24) is 0 Å². The standard InChI is InChI=1S/C17H24FO6P/c1-16(18,15(19)22-2)17(20,13-8-9-13)14-7-5-6-12(10-14)11-25(21,23-3)24-4/h5-7,10,13,20H,8-9,11H2,1-4H3. The normalized spacial score (nSPS) is 19.8. The van der Waals surface area contributed by atoms with E-state index in [9.17, 15) is 14.5 Å². The molecule has 25 heavy (non-hydrogen) atoms. The van der Waals surface area contributed by atoms with Crippen LogP contribution in [0, 0.1) is 5.92 Å². The molecule has 0 radical (unpaired) electrons. The molecule has 1 aliphatic rings. The van der Waals surface area contributed by atoms with E-state index in [0.29, 0.717) is 18.4 Å². The molecule has 0 bridgehead atoms. The molecule has 0 aliphatic heterocycles. The Morgan fingerprint density at radius 3 is 2.40 bits per heavy atom. The van der Waals surface area contributed by atoms with Gasteiger partial charge in [0.25, 0.3) is 0 Å². The van der Waals surface area contributed by atoms with Crippen LogP contribution in [0.4, 0.5) is 4.39 Å². The second-order valence-electron chi connectivity index (χ2n) is 6.37. The molecule has 1 saturated carbocycles. The first-order valence-corrected chi connectivity index (χ1v) is 9.67. The van der Waals surface area contributed by atoms with Gasteiger partial charge in [0.15, 0.2) is 0 Å². The largest absolute Gasteiger partial charge is 0.467 e. The van der Waals surface area contributed by atoms with Crippen LogP contribution in [0.1, 0.15) is 30.9 Å². The number of ether oxygens (including phenoxy) is 1. The Hall–Kier alpha value is -1.27. The average molecular weight is 374 g/mol. The number of rotatable bonds is 8. The lowest BCUT2D eigenvalue weighted by molar-refractivity contribution is -0.181. The van der Waals surface area contributed by atoms with E-state index in [1.807, 2.05) is 0 Å². The van der Waals surface area contributed by atoms with E-state index in [1.165, 1.54) is 20.3 Å². The predicted molar refractivity (Wildman–Crippen MR) is 89.9 cm³/mol. The molecule has 2 unspecified atom stereocenters. The van der Waals surface area contributed by atoms with Crippen LogP contribution in [0.15, 0.2) is 24.3 Å². The van der Waals surface area contributed by atoms with Crippen molar-refractivity contribution in [3.63, 3.8) is 0 Å². The van der Waals surface area contributed by atoms with Crippen LogP contribution in [0.2, 0.25) is 0 Å². The second kappa shape index (κ2) is 7.16. The van der Waals surface area contributed by atoms with Gasteiger partial charge in [-0.3, -0.25) is 4.57 Å². The zero-order valence-corrected chi connectivity index (χ0v) is 15.7. The summed E-state index contributed by atoms with van der Waals surface area (Å²) in [6.45, 7) is 1.03. The number of esters is 1. The number of methoxy groups -OCH3 is 1. The van der Waals surface area contributed by atoms with Crippen LogP contribution in [0.25, 0.3) is 0 Å². The first-order valence-electron chi connectivity index (χ1n) is 7.94. The quantitative estimate of drug-likeness (QED) is 0.556. The number of hydrogen-bond donors (Lipinski definition) is 1. The fraction of sp³-hybridized carbons (Fsp3) is 0.588. The third-order valence-electron chi connectivity index (χ3n) is 4.75. The topological polar surface area (TPSA) is 82.1 Å².